The van der Waals surface area contributed by atoms with Crippen molar-refractivity contribution in [3.05, 3.63) is 53.1 Å². The lowest BCUT2D eigenvalue weighted by atomic mass is 9.89. The second-order valence-corrected chi connectivity index (χ2v) is 11.8. The largest absolute Gasteiger partial charge is 0.343 e. The zero-order valence-electron chi connectivity index (χ0n) is 17.5. The number of nitrogens with one attached hydrogen (secondary N) is 1. The molecule has 4 nitrogen and oxygen atoms in total. The second-order valence-electron chi connectivity index (χ2n) is 8.90. The van der Waals surface area contributed by atoms with Gasteiger partial charge in [-0.3, -0.25) is 0 Å². The Morgan fingerprint density at radius 2 is 2.00 bits per heavy atom. The van der Waals surface area contributed by atoms with Crippen LogP contribution in [0, 0.1) is 11.7 Å². The molecule has 1 saturated carbocycles. The van der Waals surface area contributed by atoms with Crippen LogP contribution < -0.4 is 0 Å². The molecule has 164 valence electrons. The number of rotatable bonds is 6. The van der Waals surface area contributed by atoms with Gasteiger partial charge in [0, 0.05) is 30.5 Å². The summed E-state index contributed by atoms with van der Waals surface area (Å²) in [5, 5.41) is 1.20. The van der Waals surface area contributed by atoms with Crippen molar-refractivity contribution in [2.75, 3.05) is 18.8 Å². The number of piperidine rings is 1. The Labute approximate surface area is 188 Å². The van der Waals surface area contributed by atoms with Gasteiger partial charge in [-0.25, -0.2) is 13.9 Å². The molecule has 0 spiro atoms. The summed E-state index contributed by atoms with van der Waals surface area (Å²) in [7, 11) is -1.91. The van der Waals surface area contributed by atoms with Crippen LogP contribution in [-0.4, -0.2) is 43.5 Å². The summed E-state index contributed by atoms with van der Waals surface area (Å²) >= 11 is 6.71. The Morgan fingerprint density at radius 3 is 2.71 bits per heavy atom. The third-order valence-electron chi connectivity index (χ3n) is 6.76. The number of benzene rings is 1. The number of aromatic nitrogens is 2. The van der Waals surface area contributed by atoms with E-state index in [0.717, 1.165) is 60.7 Å². The molecule has 3 heterocycles. The molecule has 1 atom stereocenters. The van der Waals surface area contributed by atoms with Gasteiger partial charge < -0.3 is 4.98 Å². The van der Waals surface area contributed by atoms with Gasteiger partial charge in [0.1, 0.15) is 11.4 Å². The zero-order valence-corrected chi connectivity index (χ0v) is 19.1. The molecule has 1 unspecified atom stereocenters. The highest BCUT2D eigenvalue weighted by Gasteiger charge is 2.34. The lowest BCUT2D eigenvalue weighted by Gasteiger charge is -2.33. The van der Waals surface area contributed by atoms with E-state index in [2.05, 4.69) is 26.2 Å². The topological polar surface area (TPSA) is 52.1 Å². The summed E-state index contributed by atoms with van der Waals surface area (Å²) < 4.78 is 27.4. The van der Waals surface area contributed by atoms with Gasteiger partial charge in [-0.2, -0.15) is 0 Å². The molecule has 0 radical (unpaired) electrons. The summed E-state index contributed by atoms with van der Waals surface area (Å²) in [6.07, 6.45) is 8.66. The van der Waals surface area contributed by atoms with Gasteiger partial charge >= 0.3 is 0 Å². The number of nitrogens with zero attached hydrogens (tertiary/aromatic N) is 2. The highest BCUT2D eigenvalue weighted by Crippen LogP contribution is 2.38. The van der Waals surface area contributed by atoms with E-state index >= 15 is 0 Å². The molecule has 5 rings (SSSR count). The summed E-state index contributed by atoms with van der Waals surface area (Å²) in [6, 6.07) is 7.85. The molecule has 0 amide bonds. The van der Waals surface area contributed by atoms with Gasteiger partial charge in [0.2, 0.25) is 0 Å². The molecule has 2 fully saturated rings. The maximum Gasteiger partial charge on any atom is 0.150 e. The number of aromatic amines is 1. The smallest absolute Gasteiger partial charge is 0.150 e. The fraction of sp³-hybridized carbons (Fsp3) is 0.417. The van der Waals surface area contributed by atoms with Gasteiger partial charge in [0.25, 0.3) is 0 Å². The summed E-state index contributed by atoms with van der Waals surface area (Å²) in [5.74, 6) is 5.88. The van der Waals surface area contributed by atoms with E-state index in [1.807, 2.05) is 18.2 Å². The van der Waals surface area contributed by atoms with E-state index in [1.165, 1.54) is 19.0 Å². The second kappa shape index (κ2) is 8.32. The maximum absolute atomic E-state index is 14.3. The monoisotopic (exact) mass is 460 g/mol. The van der Waals surface area contributed by atoms with Crippen molar-refractivity contribution >= 4 is 38.6 Å². The van der Waals surface area contributed by atoms with Crippen LogP contribution in [0.3, 0.4) is 0 Å². The molecular weight excluding hydrogens is 433 g/mol. The van der Waals surface area contributed by atoms with Crippen molar-refractivity contribution < 1.29 is 8.94 Å². The Bertz CT molecular complexity index is 1150. The Morgan fingerprint density at radius 1 is 1.23 bits per heavy atom. The molecule has 3 aromatic rings. The molecule has 1 aromatic carbocycles. The fourth-order valence-electron chi connectivity index (χ4n) is 4.68. The highest BCUT2D eigenvalue weighted by atomic mass is 35.5. The predicted octanol–water partition coefficient (Wildman–Crippen LogP) is 5.98. The first-order chi connectivity index (χ1) is 14.9. The van der Waals surface area contributed by atoms with Crippen molar-refractivity contribution in [2.24, 2.45) is 5.92 Å². The van der Waals surface area contributed by atoms with Crippen molar-refractivity contribution in [1.82, 2.24) is 14.3 Å². The molecular formula is C24H28ClFN3OS+. The molecule has 7 heteroatoms. The van der Waals surface area contributed by atoms with Gasteiger partial charge in [-0.15, -0.1) is 4.31 Å². The van der Waals surface area contributed by atoms with Crippen LogP contribution in [0.1, 0.15) is 43.6 Å². The van der Waals surface area contributed by atoms with Crippen LogP contribution in [0.15, 0.2) is 36.7 Å². The summed E-state index contributed by atoms with van der Waals surface area (Å²) in [6.45, 7) is 1.70. The standard InChI is InChI=1S/C24H28ClFN3OS/c1-31(30,13-9-16-2-3-16)29-11-7-17(8-12-29)19-5-4-18(14-21(19)25)20-6-10-27-24-23(20)22(26)15-28-24/h4-6,10,14-17,30H,1-3,7-9,11-13H2,(H,27,28)/q+1. The van der Waals surface area contributed by atoms with E-state index < -0.39 is 10.1 Å². The third-order valence-corrected chi connectivity index (χ3v) is 9.30. The third kappa shape index (κ3) is 4.31. The lowest BCUT2D eigenvalue weighted by molar-refractivity contribution is 0.320. The minimum atomic E-state index is -1.91. The van der Waals surface area contributed by atoms with Gasteiger partial charge in [0.05, 0.1) is 21.3 Å². The van der Waals surface area contributed by atoms with E-state index in [1.54, 1.807) is 6.20 Å². The first kappa shape index (κ1) is 21.1. The van der Waals surface area contributed by atoms with Crippen LogP contribution in [0.25, 0.3) is 22.2 Å². The fourth-order valence-corrected chi connectivity index (χ4v) is 6.88. The first-order valence-corrected chi connectivity index (χ1v) is 13.2. The molecule has 2 aliphatic rings. The number of hydrogen-bond donors (Lipinski definition) is 2. The SMILES string of the molecule is C=[S+](O)(CCC1CC1)N1CCC(c2ccc(-c3ccnc4[nH]cc(F)c34)cc2Cl)CC1. The average molecular weight is 461 g/mol. The first-order valence-electron chi connectivity index (χ1n) is 11.0. The quantitative estimate of drug-likeness (QED) is 0.351. The van der Waals surface area contributed by atoms with Crippen LogP contribution >= 0.6 is 11.6 Å². The number of halogens is 2. The molecule has 1 saturated heterocycles. The van der Waals surface area contributed by atoms with Crippen molar-refractivity contribution in [3.8, 4) is 11.1 Å². The molecule has 1 aliphatic carbocycles. The minimum absolute atomic E-state index is 0.310. The number of H-pyrrole nitrogens is 1. The van der Waals surface area contributed by atoms with Gasteiger partial charge in [-0.1, -0.05) is 36.6 Å². The van der Waals surface area contributed by atoms with Crippen LogP contribution in [0.4, 0.5) is 4.39 Å². The van der Waals surface area contributed by atoms with Crippen molar-refractivity contribution in [3.63, 3.8) is 0 Å². The van der Waals surface area contributed by atoms with Crippen molar-refractivity contribution in [2.45, 2.75) is 38.0 Å². The Kier molecular flexibility index (Phi) is 5.67. The maximum atomic E-state index is 14.3. The van der Waals surface area contributed by atoms with E-state index in [4.69, 9.17) is 11.6 Å². The van der Waals surface area contributed by atoms with Crippen LogP contribution in [0.5, 0.6) is 0 Å². The molecule has 1 aliphatic heterocycles. The molecule has 2 aromatic heterocycles. The van der Waals surface area contributed by atoms with Crippen molar-refractivity contribution in [1.29, 1.82) is 0 Å². The number of hydrogen-bond acceptors (Lipinski definition) is 3. The van der Waals surface area contributed by atoms with Gasteiger partial charge in [0.15, 0.2) is 5.82 Å². The lowest BCUT2D eigenvalue weighted by Crippen LogP contribution is -2.43. The van der Waals surface area contributed by atoms with Crippen LogP contribution in [-0.2, 0) is 10.1 Å². The number of pyridine rings is 1. The molecule has 2 N–H and O–H groups in total. The van der Waals surface area contributed by atoms with E-state index in [0.29, 0.717) is 22.0 Å². The molecule has 31 heavy (non-hydrogen) atoms. The normalized spacial score (nSPS) is 20.2. The summed E-state index contributed by atoms with van der Waals surface area (Å²) in [5.41, 5.74) is 3.33. The van der Waals surface area contributed by atoms with Gasteiger partial charge in [-0.05, 0) is 59.9 Å². The molecule has 0 bridgehead atoms. The Balaban J connectivity index is 1.31. The van der Waals surface area contributed by atoms with E-state index in [9.17, 15) is 8.94 Å². The Hall–Kier alpha value is -1.73. The predicted molar refractivity (Wildman–Crippen MR) is 129 cm³/mol. The zero-order chi connectivity index (χ0) is 21.6. The summed E-state index contributed by atoms with van der Waals surface area (Å²) in [4.78, 5) is 7.06. The minimum Gasteiger partial charge on any atom is -0.343 e. The van der Waals surface area contributed by atoms with E-state index in [-0.39, 0.29) is 5.82 Å². The van der Waals surface area contributed by atoms with Crippen LogP contribution in [0.2, 0.25) is 5.02 Å². The highest BCUT2D eigenvalue weighted by molar-refractivity contribution is 8.04. The average Bonchev–Trinajstić information content (AvgIpc) is 3.53. The number of fused-ring (bicyclic) bond motifs is 1.